The van der Waals surface area contributed by atoms with Gasteiger partial charge in [-0.2, -0.15) is 0 Å². The van der Waals surface area contributed by atoms with Gasteiger partial charge in [0.1, 0.15) is 11.3 Å². The van der Waals surface area contributed by atoms with Crippen molar-refractivity contribution in [1.29, 1.82) is 0 Å². The number of aromatic nitrogens is 1. The fourth-order valence-corrected chi connectivity index (χ4v) is 7.26. The molecule has 1 aromatic heterocycles. The van der Waals surface area contributed by atoms with Gasteiger partial charge >= 0.3 is 0 Å². The van der Waals surface area contributed by atoms with E-state index in [4.69, 9.17) is 18.9 Å². The molecule has 55 heavy (non-hydrogen) atoms. The highest BCUT2D eigenvalue weighted by Crippen LogP contribution is 2.44. The van der Waals surface area contributed by atoms with Crippen molar-refractivity contribution in [3.05, 3.63) is 166 Å². The number of thioether (sulfide) groups is 1. The number of rotatable bonds is 11. The molecule has 282 valence electrons. The Balaban J connectivity index is 1.10. The summed E-state index contributed by atoms with van der Waals surface area (Å²) in [5.41, 5.74) is 3.70. The molecule has 13 heteroatoms. The second-order valence-corrected chi connectivity index (χ2v) is 13.9. The molecule has 5 aromatic carbocycles. The van der Waals surface area contributed by atoms with Gasteiger partial charge < -0.3 is 24.3 Å². The number of amides is 1. The molecule has 0 bridgehead atoms. The summed E-state index contributed by atoms with van der Waals surface area (Å²) in [6.07, 6.45) is -1.62. The fraction of sp³-hybridized carbons (Fsp3) is 0.190. The van der Waals surface area contributed by atoms with E-state index >= 15 is 0 Å². The first-order chi connectivity index (χ1) is 26.6. The van der Waals surface area contributed by atoms with Crippen molar-refractivity contribution in [3.63, 3.8) is 0 Å². The summed E-state index contributed by atoms with van der Waals surface area (Å²) in [7, 11) is 0. The quantitative estimate of drug-likeness (QED) is 0.0587. The van der Waals surface area contributed by atoms with Crippen molar-refractivity contribution >= 4 is 17.7 Å². The molecule has 0 spiro atoms. The second-order valence-electron chi connectivity index (χ2n) is 12.9. The number of aliphatic hydroxyl groups excluding tert-OH is 1. The van der Waals surface area contributed by atoms with Gasteiger partial charge in [0.25, 0.3) is 11.1 Å². The third-order valence-corrected chi connectivity index (χ3v) is 10.2. The lowest BCUT2D eigenvalue weighted by atomic mass is 9.91. The van der Waals surface area contributed by atoms with E-state index in [1.165, 1.54) is 11.8 Å². The topological polar surface area (TPSA) is 93.8 Å². The molecule has 2 heterocycles. The first-order valence-corrected chi connectivity index (χ1v) is 18.2. The van der Waals surface area contributed by atoms with E-state index < -0.39 is 53.0 Å². The van der Waals surface area contributed by atoms with Crippen molar-refractivity contribution < 1.29 is 45.7 Å². The summed E-state index contributed by atoms with van der Waals surface area (Å²) in [6, 6.07) is 33.6. The second kappa shape index (κ2) is 16.6. The summed E-state index contributed by atoms with van der Waals surface area (Å²) < 4.78 is 88.6. The highest BCUT2D eigenvalue weighted by Gasteiger charge is 2.39. The van der Waals surface area contributed by atoms with Crippen LogP contribution in [0.15, 0.2) is 119 Å². The normalized spacial score (nSPS) is 18.3. The van der Waals surface area contributed by atoms with E-state index in [0.717, 1.165) is 27.9 Å². The minimum atomic E-state index is -2.35. The molecule has 1 aliphatic heterocycles. The van der Waals surface area contributed by atoms with Crippen LogP contribution in [-0.4, -0.2) is 27.9 Å². The Morgan fingerprint density at radius 1 is 0.727 bits per heavy atom. The number of nitrogens with one attached hydrogen (secondary N) is 1. The number of carbonyl (C=O) groups is 1. The Labute approximate surface area is 317 Å². The smallest absolute Gasteiger partial charge is 0.257 e. The van der Waals surface area contributed by atoms with Crippen LogP contribution in [0.5, 0.6) is 0 Å². The Hall–Kier alpha value is -5.34. The van der Waals surface area contributed by atoms with Gasteiger partial charge in [-0.1, -0.05) is 128 Å². The number of hydrogen-bond donors (Lipinski definition) is 2. The molecule has 7 nitrogen and oxygen atoms in total. The SMILES string of the molecule is C[C@H]1[C@@H](CSc2nc(-c3ccccc3)c(-c3ccccc3)o2)O[C@@H](c2ccc(CNC(=O)c3c(F)c(F)c(F)c(F)c3F)cc2)O[C@H]1c1ccc(CO)cc1. The van der Waals surface area contributed by atoms with Crippen LogP contribution in [0, 0.1) is 35.0 Å². The van der Waals surface area contributed by atoms with Crippen LogP contribution in [0.4, 0.5) is 22.0 Å². The minimum Gasteiger partial charge on any atom is -0.431 e. The number of benzene rings is 5. The maximum atomic E-state index is 14.2. The lowest BCUT2D eigenvalue weighted by Gasteiger charge is -2.41. The molecule has 0 radical (unpaired) electrons. The van der Waals surface area contributed by atoms with Gasteiger partial charge in [-0.25, -0.2) is 26.9 Å². The first-order valence-electron chi connectivity index (χ1n) is 17.3. The molecule has 7 rings (SSSR count). The van der Waals surface area contributed by atoms with Crippen LogP contribution in [0.25, 0.3) is 22.6 Å². The number of hydrogen-bond acceptors (Lipinski definition) is 7. The average Bonchev–Trinajstić information content (AvgIpc) is 3.66. The van der Waals surface area contributed by atoms with Crippen LogP contribution in [0.2, 0.25) is 0 Å². The maximum absolute atomic E-state index is 14.2. The Bertz CT molecular complexity index is 2190. The fourth-order valence-electron chi connectivity index (χ4n) is 6.27. The zero-order valence-corrected chi connectivity index (χ0v) is 30.0. The van der Waals surface area contributed by atoms with Gasteiger partial charge in [0.15, 0.2) is 35.3 Å². The van der Waals surface area contributed by atoms with E-state index in [1.54, 1.807) is 24.3 Å². The Morgan fingerprint density at radius 2 is 1.29 bits per heavy atom. The minimum absolute atomic E-state index is 0.104. The van der Waals surface area contributed by atoms with E-state index in [0.29, 0.717) is 27.9 Å². The summed E-state index contributed by atoms with van der Waals surface area (Å²) in [4.78, 5) is 17.4. The van der Waals surface area contributed by atoms with Crippen molar-refractivity contribution in [2.24, 2.45) is 5.92 Å². The number of ether oxygens (including phenoxy) is 2. The molecule has 0 aliphatic carbocycles. The predicted octanol–water partition coefficient (Wildman–Crippen LogP) is 9.71. The van der Waals surface area contributed by atoms with Crippen molar-refractivity contribution in [1.82, 2.24) is 10.3 Å². The number of oxazole rings is 1. The lowest BCUT2D eigenvalue weighted by Crippen LogP contribution is -2.38. The predicted molar refractivity (Wildman–Crippen MR) is 195 cm³/mol. The van der Waals surface area contributed by atoms with Gasteiger partial charge in [-0.3, -0.25) is 4.79 Å². The van der Waals surface area contributed by atoms with Crippen LogP contribution in [0.1, 0.15) is 51.9 Å². The van der Waals surface area contributed by atoms with E-state index in [9.17, 15) is 31.9 Å². The molecule has 2 N–H and O–H groups in total. The number of halogens is 5. The molecule has 1 aliphatic rings. The monoisotopic (exact) mass is 772 g/mol. The van der Waals surface area contributed by atoms with Gasteiger partial charge in [0.2, 0.25) is 5.82 Å². The summed E-state index contributed by atoms with van der Waals surface area (Å²) in [5.74, 6) is -11.7. The van der Waals surface area contributed by atoms with Crippen molar-refractivity contribution in [2.45, 2.75) is 43.8 Å². The van der Waals surface area contributed by atoms with Gasteiger partial charge in [-0.05, 0) is 16.7 Å². The van der Waals surface area contributed by atoms with Crippen LogP contribution >= 0.6 is 11.8 Å². The van der Waals surface area contributed by atoms with Gasteiger partial charge in [0, 0.05) is 34.9 Å². The number of carbonyl (C=O) groups excluding carboxylic acids is 1. The molecule has 4 atom stereocenters. The van der Waals surface area contributed by atoms with E-state index in [-0.39, 0.29) is 25.2 Å². The molecular formula is C42H33F5N2O5S. The molecule has 6 aromatic rings. The zero-order chi connectivity index (χ0) is 38.6. The molecule has 1 saturated heterocycles. The third kappa shape index (κ3) is 8.06. The molecule has 1 amide bonds. The van der Waals surface area contributed by atoms with Crippen LogP contribution in [0.3, 0.4) is 0 Å². The summed E-state index contributed by atoms with van der Waals surface area (Å²) in [5, 5.41) is 12.3. The summed E-state index contributed by atoms with van der Waals surface area (Å²) >= 11 is 1.42. The highest BCUT2D eigenvalue weighted by atomic mass is 32.2. The molecule has 1 fully saturated rings. The largest absolute Gasteiger partial charge is 0.431 e. The van der Waals surface area contributed by atoms with Crippen molar-refractivity contribution in [2.75, 3.05) is 5.75 Å². The number of nitrogens with zero attached hydrogens (tertiary/aromatic N) is 1. The Kier molecular flexibility index (Phi) is 11.4. The molecular weight excluding hydrogens is 740 g/mol. The van der Waals surface area contributed by atoms with Crippen LogP contribution < -0.4 is 5.32 Å². The Morgan fingerprint density at radius 3 is 1.91 bits per heavy atom. The van der Waals surface area contributed by atoms with Gasteiger partial charge in [-0.15, -0.1) is 0 Å². The third-order valence-electron chi connectivity index (χ3n) is 9.33. The molecule has 0 saturated carbocycles. The maximum Gasteiger partial charge on any atom is 0.257 e. The van der Waals surface area contributed by atoms with E-state index in [1.807, 2.05) is 91.9 Å². The van der Waals surface area contributed by atoms with Crippen LogP contribution in [-0.2, 0) is 22.6 Å². The summed E-state index contributed by atoms with van der Waals surface area (Å²) in [6.45, 7) is 1.66. The average molecular weight is 773 g/mol. The van der Waals surface area contributed by atoms with E-state index in [2.05, 4.69) is 5.32 Å². The zero-order valence-electron chi connectivity index (χ0n) is 29.1. The standard InChI is InChI=1S/C42H33F5N2O5S/c1-23-30(22-55-42-49-37(26-8-4-2-5-9-26)39(54-42)27-10-6-3-7-11-27)52-41(53-38(23)28-16-14-25(21-50)15-17-28)29-18-12-24(13-19-29)20-48-40(51)31-32(43)34(45)36(47)35(46)33(31)44/h2-19,23,30,38,41,50H,20-22H2,1H3,(H,48,51)/t23-,30+,38+,41+/m0/s1. The number of aliphatic hydroxyl groups is 1. The molecule has 0 unspecified atom stereocenters. The first kappa shape index (κ1) is 38.0. The lowest BCUT2D eigenvalue weighted by molar-refractivity contribution is -0.268. The van der Waals surface area contributed by atoms with Gasteiger partial charge in [0.05, 0.1) is 18.8 Å². The highest BCUT2D eigenvalue weighted by molar-refractivity contribution is 7.99. The van der Waals surface area contributed by atoms with Crippen molar-refractivity contribution in [3.8, 4) is 22.6 Å².